The number of nitrogens with one attached hydrogen (secondary N) is 1. The predicted molar refractivity (Wildman–Crippen MR) is 115 cm³/mol. The van der Waals surface area contributed by atoms with Crippen LogP contribution in [0.5, 0.6) is 5.75 Å². The number of carbonyl (C=O) groups excluding carboxylic acids is 2. The number of allylic oxidation sites excluding steroid dienone is 1. The molecule has 0 fully saturated rings. The van der Waals surface area contributed by atoms with Crippen LogP contribution in [-0.4, -0.2) is 16.9 Å². The number of hydrogen-bond acceptors (Lipinski definition) is 5. The summed E-state index contributed by atoms with van der Waals surface area (Å²) in [6, 6.07) is 15.0. The summed E-state index contributed by atoms with van der Waals surface area (Å²) >= 11 is 4.65. The molecule has 142 valence electrons. The number of hydrogen-bond donors (Lipinski definition) is 1. The fraction of sp³-hybridized carbons (Fsp3) is 0.0952. The van der Waals surface area contributed by atoms with E-state index in [4.69, 9.17) is 4.74 Å². The third-order valence-corrected chi connectivity index (χ3v) is 5.10. The molecule has 0 aliphatic heterocycles. The second-order valence-electron chi connectivity index (χ2n) is 5.83. The van der Waals surface area contributed by atoms with Gasteiger partial charge in [0.1, 0.15) is 0 Å². The van der Waals surface area contributed by atoms with Crippen LogP contribution >= 0.6 is 27.3 Å². The number of ether oxygens (including phenoxy) is 1. The molecule has 0 bridgehead atoms. The maximum atomic E-state index is 12.6. The number of thiazole rings is 1. The van der Waals surface area contributed by atoms with Crippen LogP contribution in [0.4, 0.5) is 5.13 Å². The first-order valence-electron chi connectivity index (χ1n) is 8.47. The van der Waals surface area contributed by atoms with Gasteiger partial charge in [0.25, 0.3) is 5.91 Å². The fourth-order valence-electron chi connectivity index (χ4n) is 2.44. The Hall–Kier alpha value is -2.77. The third-order valence-electron chi connectivity index (χ3n) is 3.67. The zero-order valence-corrected chi connectivity index (χ0v) is 17.4. The van der Waals surface area contributed by atoms with Crippen LogP contribution in [0, 0.1) is 0 Å². The van der Waals surface area contributed by atoms with Crippen molar-refractivity contribution in [2.24, 2.45) is 0 Å². The number of rotatable bonds is 6. The summed E-state index contributed by atoms with van der Waals surface area (Å²) in [7, 11) is 0. The van der Waals surface area contributed by atoms with Gasteiger partial charge >= 0.3 is 5.97 Å². The van der Waals surface area contributed by atoms with Gasteiger partial charge in [-0.05, 0) is 33.6 Å². The molecule has 0 unspecified atom stereocenters. The highest BCUT2D eigenvalue weighted by atomic mass is 79.9. The van der Waals surface area contributed by atoms with Crippen molar-refractivity contribution < 1.29 is 14.3 Å². The molecular weight excluding hydrogens is 440 g/mol. The first-order valence-corrected chi connectivity index (χ1v) is 10.1. The van der Waals surface area contributed by atoms with Crippen molar-refractivity contribution in [3.05, 3.63) is 81.3 Å². The number of benzene rings is 2. The van der Waals surface area contributed by atoms with E-state index in [9.17, 15) is 9.59 Å². The lowest BCUT2D eigenvalue weighted by molar-refractivity contribution is -0.131. The maximum absolute atomic E-state index is 12.6. The van der Waals surface area contributed by atoms with Crippen LogP contribution in [0.1, 0.15) is 28.5 Å². The number of anilines is 1. The van der Waals surface area contributed by atoms with E-state index in [1.165, 1.54) is 18.3 Å². The van der Waals surface area contributed by atoms with Crippen molar-refractivity contribution in [1.82, 2.24) is 4.98 Å². The van der Waals surface area contributed by atoms with Gasteiger partial charge < -0.3 is 4.74 Å². The second kappa shape index (κ2) is 9.43. The zero-order chi connectivity index (χ0) is 19.9. The summed E-state index contributed by atoms with van der Waals surface area (Å²) < 4.78 is 5.69. The Balaban J connectivity index is 1.67. The summed E-state index contributed by atoms with van der Waals surface area (Å²) in [6.07, 6.45) is 4.73. The van der Waals surface area contributed by atoms with Crippen LogP contribution in [0.15, 0.2) is 64.5 Å². The minimum absolute atomic E-state index is 0.190. The summed E-state index contributed by atoms with van der Waals surface area (Å²) in [6.45, 7) is 1.29. The maximum Gasteiger partial charge on any atom is 0.308 e. The molecule has 3 aromatic rings. The predicted octanol–water partition coefficient (Wildman–Crippen LogP) is 5.34. The van der Waals surface area contributed by atoms with E-state index >= 15 is 0 Å². The molecule has 7 heteroatoms. The van der Waals surface area contributed by atoms with Crippen molar-refractivity contribution in [2.75, 3.05) is 5.32 Å². The van der Waals surface area contributed by atoms with Crippen LogP contribution in [0.25, 0.3) is 6.08 Å². The topological polar surface area (TPSA) is 68.3 Å². The first kappa shape index (κ1) is 20.0. The molecule has 1 amide bonds. The van der Waals surface area contributed by atoms with Crippen molar-refractivity contribution in [1.29, 1.82) is 0 Å². The molecule has 0 spiro atoms. The largest absolute Gasteiger partial charge is 0.425 e. The zero-order valence-electron chi connectivity index (χ0n) is 15.0. The molecule has 1 aromatic heterocycles. The number of esters is 1. The molecule has 0 aliphatic rings. The van der Waals surface area contributed by atoms with Gasteiger partial charge in [0, 0.05) is 18.7 Å². The molecule has 0 aliphatic carbocycles. The molecule has 2 aromatic carbocycles. The van der Waals surface area contributed by atoms with Crippen molar-refractivity contribution >= 4 is 50.4 Å². The van der Waals surface area contributed by atoms with Gasteiger partial charge in [-0.2, -0.15) is 0 Å². The van der Waals surface area contributed by atoms with Crippen LogP contribution < -0.4 is 10.1 Å². The Kier molecular flexibility index (Phi) is 6.73. The highest BCUT2D eigenvalue weighted by Crippen LogP contribution is 2.30. The molecule has 0 radical (unpaired) electrons. The second-order valence-corrected chi connectivity index (χ2v) is 7.54. The highest BCUT2D eigenvalue weighted by molar-refractivity contribution is 9.10. The molecule has 0 saturated heterocycles. The van der Waals surface area contributed by atoms with Gasteiger partial charge in [0.05, 0.1) is 15.7 Å². The molecule has 0 saturated carbocycles. The van der Waals surface area contributed by atoms with Gasteiger partial charge in [-0.25, -0.2) is 4.98 Å². The van der Waals surface area contributed by atoms with Crippen molar-refractivity contribution in [3.8, 4) is 5.75 Å². The van der Waals surface area contributed by atoms with E-state index in [2.05, 4.69) is 26.2 Å². The van der Waals surface area contributed by atoms with Gasteiger partial charge in [-0.3, -0.25) is 14.9 Å². The number of amides is 1. The summed E-state index contributed by atoms with van der Waals surface area (Å²) in [5, 5.41) is 5.15. The average Bonchev–Trinajstić information content (AvgIpc) is 3.11. The highest BCUT2D eigenvalue weighted by Gasteiger charge is 2.18. The van der Waals surface area contributed by atoms with Crippen LogP contribution in [0.3, 0.4) is 0 Å². The minimum atomic E-state index is -0.498. The SMILES string of the molecule is CC(=O)Oc1c(Br)cccc1C(=O)Nc1nc(C/C=C/c2ccccc2)cs1. The van der Waals surface area contributed by atoms with Crippen molar-refractivity contribution in [3.63, 3.8) is 0 Å². The summed E-state index contributed by atoms with van der Waals surface area (Å²) in [4.78, 5) is 28.4. The Morgan fingerprint density at radius 3 is 2.71 bits per heavy atom. The van der Waals surface area contributed by atoms with Gasteiger partial charge in [0.2, 0.25) is 0 Å². The Bertz CT molecular complexity index is 1020. The van der Waals surface area contributed by atoms with Gasteiger partial charge in [-0.15, -0.1) is 11.3 Å². The number of aromatic nitrogens is 1. The number of para-hydroxylation sites is 1. The summed E-state index contributed by atoms with van der Waals surface area (Å²) in [5.41, 5.74) is 2.24. The number of halogens is 1. The van der Waals surface area contributed by atoms with Crippen LogP contribution in [0.2, 0.25) is 0 Å². The Morgan fingerprint density at radius 1 is 1.18 bits per heavy atom. The number of carbonyl (C=O) groups is 2. The first-order chi connectivity index (χ1) is 13.5. The molecule has 28 heavy (non-hydrogen) atoms. The lowest BCUT2D eigenvalue weighted by atomic mass is 10.2. The Morgan fingerprint density at radius 2 is 1.96 bits per heavy atom. The molecule has 5 nitrogen and oxygen atoms in total. The Labute approximate surface area is 175 Å². The molecule has 3 rings (SSSR count). The lowest BCUT2D eigenvalue weighted by Gasteiger charge is -2.10. The monoisotopic (exact) mass is 456 g/mol. The number of nitrogens with zero attached hydrogens (tertiary/aromatic N) is 1. The van der Waals surface area contributed by atoms with E-state index in [-0.39, 0.29) is 11.3 Å². The van der Waals surface area contributed by atoms with E-state index in [1.807, 2.05) is 47.9 Å². The lowest BCUT2D eigenvalue weighted by Crippen LogP contribution is -2.15. The quantitative estimate of drug-likeness (QED) is 0.401. The normalized spacial score (nSPS) is 10.8. The fourth-order valence-corrected chi connectivity index (χ4v) is 3.60. The van der Waals surface area contributed by atoms with Crippen molar-refractivity contribution in [2.45, 2.75) is 13.3 Å². The van der Waals surface area contributed by atoms with E-state index in [0.29, 0.717) is 16.0 Å². The molecule has 1 heterocycles. The average molecular weight is 457 g/mol. The van der Waals surface area contributed by atoms with E-state index < -0.39 is 11.9 Å². The summed E-state index contributed by atoms with van der Waals surface area (Å²) in [5.74, 6) is -0.698. The smallest absolute Gasteiger partial charge is 0.308 e. The van der Waals surface area contributed by atoms with Gasteiger partial charge in [-0.1, -0.05) is 48.6 Å². The van der Waals surface area contributed by atoms with E-state index in [1.54, 1.807) is 18.2 Å². The van der Waals surface area contributed by atoms with E-state index in [0.717, 1.165) is 11.3 Å². The minimum Gasteiger partial charge on any atom is -0.425 e. The molecule has 0 atom stereocenters. The van der Waals surface area contributed by atoms with Crippen LogP contribution in [-0.2, 0) is 11.2 Å². The third kappa shape index (κ3) is 5.37. The molecule has 1 N–H and O–H groups in total. The van der Waals surface area contributed by atoms with Gasteiger partial charge in [0.15, 0.2) is 10.9 Å². The standard InChI is InChI=1S/C21H17BrN2O3S/c1-14(25)27-19-17(11-6-12-18(19)22)20(26)24-21-23-16(13-28-21)10-5-9-15-7-3-2-4-8-15/h2-9,11-13H,10H2,1H3,(H,23,24,26)/b9-5+. The molecular formula is C21H17BrN2O3S.